The van der Waals surface area contributed by atoms with Gasteiger partial charge in [-0.2, -0.15) is 0 Å². The molecule has 0 aromatic carbocycles. The maximum absolute atomic E-state index is 5.53. The lowest BCUT2D eigenvalue weighted by molar-refractivity contribution is -0.000118. The van der Waals surface area contributed by atoms with Gasteiger partial charge in [0.2, 0.25) is 0 Å². The highest BCUT2D eigenvalue weighted by Gasteiger charge is 2.32. The zero-order valence-corrected chi connectivity index (χ0v) is 11.0. The predicted molar refractivity (Wildman–Crippen MR) is 65.1 cm³/mol. The van der Waals surface area contributed by atoms with Gasteiger partial charge in [-0.25, -0.2) is 0 Å². The van der Waals surface area contributed by atoms with Gasteiger partial charge < -0.3 is 10.1 Å². The molecule has 2 unspecified atom stereocenters. The van der Waals surface area contributed by atoms with Crippen LogP contribution in [-0.4, -0.2) is 25.3 Å². The fourth-order valence-corrected chi connectivity index (χ4v) is 2.56. The zero-order valence-electron chi connectivity index (χ0n) is 11.0. The molecule has 0 radical (unpaired) electrons. The number of hydrogen-bond donors (Lipinski definition) is 1. The van der Waals surface area contributed by atoms with E-state index in [0.29, 0.717) is 6.04 Å². The Morgan fingerprint density at radius 2 is 2.07 bits per heavy atom. The van der Waals surface area contributed by atoms with Gasteiger partial charge in [0.1, 0.15) is 0 Å². The van der Waals surface area contributed by atoms with E-state index in [9.17, 15) is 0 Å². The molecule has 1 fully saturated rings. The third kappa shape index (κ3) is 4.12. The molecule has 0 aliphatic carbocycles. The molecule has 0 amide bonds. The second-order valence-electron chi connectivity index (χ2n) is 5.91. The molecule has 0 aromatic heterocycles. The van der Waals surface area contributed by atoms with Gasteiger partial charge in [-0.3, -0.25) is 0 Å². The topological polar surface area (TPSA) is 21.3 Å². The van der Waals surface area contributed by atoms with E-state index in [1.54, 1.807) is 0 Å². The summed E-state index contributed by atoms with van der Waals surface area (Å²) in [5.74, 6) is 1.58. The van der Waals surface area contributed by atoms with Crippen molar-refractivity contribution < 1.29 is 4.74 Å². The lowest BCUT2D eigenvalue weighted by atomic mass is 9.85. The number of methoxy groups -OCH3 is 1. The third-order valence-electron chi connectivity index (χ3n) is 3.52. The molecule has 90 valence electrons. The first-order valence-corrected chi connectivity index (χ1v) is 6.23. The normalized spacial score (nSPS) is 27.6. The van der Waals surface area contributed by atoms with Crippen LogP contribution < -0.4 is 5.32 Å². The molecule has 1 rings (SSSR count). The Balaban J connectivity index is 2.46. The Morgan fingerprint density at radius 3 is 2.60 bits per heavy atom. The summed E-state index contributed by atoms with van der Waals surface area (Å²) >= 11 is 0. The van der Waals surface area contributed by atoms with E-state index < -0.39 is 0 Å². The molecule has 0 aromatic rings. The van der Waals surface area contributed by atoms with Crippen molar-refractivity contribution in [1.29, 1.82) is 0 Å². The molecule has 1 saturated heterocycles. The van der Waals surface area contributed by atoms with Crippen molar-refractivity contribution in [3.63, 3.8) is 0 Å². The number of ether oxygens (including phenoxy) is 1. The van der Waals surface area contributed by atoms with E-state index in [2.05, 4.69) is 33.0 Å². The summed E-state index contributed by atoms with van der Waals surface area (Å²) < 4.78 is 5.53. The molecule has 1 N–H and O–H groups in total. The summed E-state index contributed by atoms with van der Waals surface area (Å²) in [4.78, 5) is 0. The SMILES string of the molecule is COC(C)(C)CC1CCNC1CC(C)C. The van der Waals surface area contributed by atoms with Gasteiger partial charge in [0.25, 0.3) is 0 Å². The Bertz CT molecular complexity index is 189. The second kappa shape index (κ2) is 5.31. The first-order chi connectivity index (χ1) is 6.94. The van der Waals surface area contributed by atoms with Crippen molar-refractivity contribution in [1.82, 2.24) is 5.32 Å². The van der Waals surface area contributed by atoms with E-state index in [1.165, 1.54) is 25.8 Å². The van der Waals surface area contributed by atoms with Gasteiger partial charge in [0, 0.05) is 13.2 Å². The molecule has 0 spiro atoms. The van der Waals surface area contributed by atoms with Crippen molar-refractivity contribution in [2.24, 2.45) is 11.8 Å². The minimum Gasteiger partial charge on any atom is -0.379 e. The standard InChI is InChI=1S/C13H27NO/c1-10(2)8-12-11(6-7-14-12)9-13(3,4)15-5/h10-12,14H,6-9H2,1-5H3. The van der Waals surface area contributed by atoms with Crippen LogP contribution in [0, 0.1) is 11.8 Å². The molecule has 0 saturated carbocycles. The molecule has 15 heavy (non-hydrogen) atoms. The van der Waals surface area contributed by atoms with Crippen LogP contribution in [-0.2, 0) is 4.74 Å². The van der Waals surface area contributed by atoms with Crippen molar-refractivity contribution in [3.05, 3.63) is 0 Å². The third-order valence-corrected chi connectivity index (χ3v) is 3.52. The van der Waals surface area contributed by atoms with E-state index in [1.807, 2.05) is 7.11 Å². The highest BCUT2D eigenvalue weighted by molar-refractivity contribution is 4.88. The molecule has 2 atom stereocenters. The highest BCUT2D eigenvalue weighted by Crippen LogP contribution is 2.30. The quantitative estimate of drug-likeness (QED) is 0.758. The number of nitrogens with one attached hydrogen (secondary N) is 1. The second-order valence-corrected chi connectivity index (χ2v) is 5.91. The van der Waals surface area contributed by atoms with Crippen LogP contribution in [0.15, 0.2) is 0 Å². The van der Waals surface area contributed by atoms with E-state index in [4.69, 9.17) is 4.74 Å². The average Bonchev–Trinajstić information content (AvgIpc) is 2.51. The van der Waals surface area contributed by atoms with Gasteiger partial charge in [0.15, 0.2) is 0 Å². The summed E-state index contributed by atoms with van der Waals surface area (Å²) in [7, 11) is 1.82. The van der Waals surface area contributed by atoms with Gasteiger partial charge in [-0.05, 0) is 51.5 Å². The molecular formula is C13H27NO. The Kier molecular flexibility index (Phi) is 4.60. The molecule has 0 bridgehead atoms. The van der Waals surface area contributed by atoms with Crippen LogP contribution in [0.25, 0.3) is 0 Å². The van der Waals surface area contributed by atoms with Gasteiger partial charge >= 0.3 is 0 Å². The molecule has 2 nitrogen and oxygen atoms in total. The van der Waals surface area contributed by atoms with Crippen LogP contribution in [0.1, 0.15) is 47.0 Å². The molecule has 1 heterocycles. The van der Waals surface area contributed by atoms with E-state index in [0.717, 1.165) is 11.8 Å². The fourth-order valence-electron chi connectivity index (χ4n) is 2.56. The molecule has 2 heteroatoms. The maximum atomic E-state index is 5.53. The van der Waals surface area contributed by atoms with Crippen LogP contribution in [0.3, 0.4) is 0 Å². The summed E-state index contributed by atoms with van der Waals surface area (Å²) in [6, 6.07) is 0.708. The fraction of sp³-hybridized carbons (Fsp3) is 1.00. The Labute approximate surface area is 94.8 Å². The number of rotatable bonds is 5. The monoisotopic (exact) mass is 213 g/mol. The van der Waals surface area contributed by atoms with Crippen LogP contribution in [0.2, 0.25) is 0 Å². The predicted octanol–water partition coefficient (Wildman–Crippen LogP) is 2.83. The summed E-state index contributed by atoms with van der Waals surface area (Å²) in [5, 5.41) is 3.63. The summed E-state index contributed by atoms with van der Waals surface area (Å²) in [6.45, 7) is 10.2. The van der Waals surface area contributed by atoms with Crippen molar-refractivity contribution in [2.45, 2.75) is 58.6 Å². The lowest BCUT2D eigenvalue weighted by Gasteiger charge is -2.30. The summed E-state index contributed by atoms with van der Waals surface area (Å²) in [6.07, 6.45) is 3.78. The number of hydrogen-bond acceptors (Lipinski definition) is 2. The lowest BCUT2D eigenvalue weighted by Crippen LogP contribution is -2.34. The van der Waals surface area contributed by atoms with Crippen LogP contribution in [0.5, 0.6) is 0 Å². The van der Waals surface area contributed by atoms with Gasteiger partial charge in [-0.1, -0.05) is 13.8 Å². The minimum atomic E-state index is 0.0336. The zero-order chi connectivity index (χ0) is 11.5. The van der Waals surface area contributed by atoms with Crippen molar-refractivity contribution >= 4 is 0 Å². The minimum absolute atomic E-state index is 0.0336. The smallest absolute Gasteiger partial charge is 0.0626 e. The van der Waals surface area contributed by atoms with Crippen molar-refractivity contribution in [3.8, 4) is 0 Å². The van der Waals surface area contributed by atoms with E-state index in [-0.39, 0.29) is 5.60 Å². The Morgan fingerprint density at radius 1 is 1.40 bits per heavy atom. The van der Waals surface area contributed by atoms with Crippen LogP contribution in [0.4, 0.5) is 0 Å². The van der Waals surface area contributed by atoms with E-state index >= 15 is 0 Å². The van der Waals surface area contributed by atoms with Gasteiger partial charge in [0.05, 0.1) is 5.60 Å². The summed E-state index contributed by atoms with van der Waals surface area (Å²) in [5.41, 5.74) is 0.0336. The Hall–Kier alpha value is -0.0800. The highest BCUT2D eigenvalue weighted by atomic mass is 16.5. The van der Waals surface area contributed by atoms with Crippen molar-refractivity contribution in [2.75, 3.05) is 13.7 Å². The average molecular weight is 213 g/mol. The van der Waals surface area contributed by atoms with Gasteiger partial charge in [-0.15, -0.1) is 0 Å². The first-order valence-electron chi connectivity index (χ1n) is 6.23. The molecular weight excluding hydrogens is 186 g/mol. The largest absolute Gasteiger partial charge is 0.379 e. The van der Waals surface area contributed by atoms with Crippen LogP contribution >= 0.6 is 0 Å². The first kappa shape index (κ1) is 13.0. The molecule has 1 aliphatic rings. The maximum Gasteiger partial charge on any atom is 0.0626 e. The molecule has 1 aliphatic heterocycles.